The Kier molecular flexibility index (Phi) is 7.60. The number of carbonyl (C=O) groups excluding carboxylic acids is 3. The number of amides is 2. The molecule has 3 aromatic rings. The molecule has 2 bridgehead atoms. The lowest BCUT2D eigenvalue weighted by Crippen LogP contribution is -2.54. The van der Waals surface area contributed by atoms with E-state index in [1.807, 2.05) is 54.6 Å². The van der Waals surface area contributed by atoms with E-state index in [1.54, 1.807) is 38.5 Å². The molecule has 2 amide bonds. The molecule has 3 aliphatic rings. The van der Waals surface area contributed by atoms with Gasteiger partial charge in [-0.3, -0.25) is 24.1 Å². The molecule has 1 N–H and O–H groups in total. The van der Waals surface area contributed by atoms with Crippen LogP contribution in [0.3, 0.4) is 0 Å². The van der Waals surface area contributed by atoms with Crippen molar-refractivity contribution in [2.45, 2.75) is 36.9 Å². The second-order valence-corrected chi connectivity index (χ2v) is 10.9. The summed E-state index contributed by atoms with van der Waals surface area (Å²) in [5.74, 6) is -3.98. The number of imide groups is 1. The Bertz CT molecular complexity index is 1520. The zero-order valence-corrected chi connectivity index (χ0v) is 24.2. The van der Waals surface area contributed by atoms with Crippen LogP contribution in [0.2, 0.25) is 0 Å². The third kappa shape index (κ3) is 4.68. The van der Waals surface area contributed by atoms with Gasteiger partial charge in [0.05, 0.1) is 26.1 Å². The number of ether oxygens (including phenoxy) is 5. The topological polar surface area (TPSA) is 138 Å². The minimum atomic E-state index is -1.33. The van der Waals surface area contributed by atoms with Crippen molar-refractivity contribution in [3.8, 4) is 11.5 Å². The number of methoxy groups -OCH3 is 2. The SMILES string of the molecule is COc1ccc(C(OC2C(OC(C)=O)C3OC2C2C(=O)N(CC(=O)O)C(=O)C32)(c2ccccc2)c2ccc(OC)cc2)cc1. The van der Waals surface area contributed by atoms with Crippen LogP contribution in [-0.2, 0) is 39.0 Å². The average Bonchev–Trinajstić information content (AvgIpc) is 3.65. The molecule has 3 fully saturated rings. The minimum absolute atomic E-state index is 0.616. The number of benzene rings is 3. The van der Waals surface area contributed by atoms with Crippen molar-refractivity contribution < 1.29 is 48.0 Å². The molecule has 0 aliphatic carbocycles. The minimum Gasteiger partial charge on any atom is -0.497 e. The third-order valence-corrected chi connectivity index (χ3v) is 8.56. The molecule has 0 spiro atoms. The lowest BCUT2D eigenvalue weighted by atomic mass is 9.76. The number of likely N-dealkylation sites (tertiary alicyclic amines) is 1. The highest BCUT2D eigenvalue weighted by Gasteiger charge is 2.71. The predicted octanol–water partition coefficient (Wildman–Crippen LogP) is 2.78. The first-order valence-corrected chi connectivity index (χ1v) is 14.1. The van der Waals surface area contributed by atoms with Gasteiger partial charge in [-0.1, -0.05) is 54.6 Å². The van der Waals surface area contributed by atoms with Crippen molar-refractivity contribution in [2.75, 3.05) is 20.8 Å². The van der Waals surface area contributed by atoms with Gasteiger partial charge in [0.25, 0.3) is 0 Å². The first-order valence-electron chi connectivity index (χ1n) is 14.1. The van der Waals surface area contributed by atoms with Crippen molar-refractivity contribution in [3.05, 3.63) is 95.6 Å². The summed E-state index contributed by atoms with van der Waals surface area (Å²) >= 11 is 0. The van der Waals surface area contributed by atoms with E-state index in [0.29, 0.717) is 22.6 Å². The van der Waals surface area contributed by atoms with Crippen LogP contribution in [-0.4, -0.2) is 78.9 Å². The number of carbonyl (C=O) groups is 4. The van der Waals surface area contributed by atoms with E-state index in [4.69, 9.17) is 23.7 Å². The molecular weight excluding hydrogens is 570 g/mol. The molecule has 3 aliphatic heterocycles. The van der Waals surface area contributed by atoms with Gasteiger partial charge in [-0.25, -0.2) is 0 Å². The summed E-state index contributed by atoms with van der Waals surface area (Å²) in [6, 6.07) is 24.1. The van der Waals surface area contributed by atoms with E-state index < -0.39 is 72.2 Å². The first-order chi connectivity index (χ1) is 21.2. The van der Waals surface area contributed by atoms with Crippen molar-refractivity contribution in [2.24, 2.45) is 11.8 Å². The van der Waals surface area contributed by atoms with Gasteiger partial charge in [0.1, 0.15) is 42.0 Å². The number of esters is 1. The fourth-order valence-electron chi connectivity index (χ4n) is 6.74. The van der Waals surface area contributed by atoms with Crippen molar-refractivity contribution in [3.63, 3.8) is 0 Å². The maximum atomic E-state index is 13.5. The molecule has 6 rings (SSSR count). The predicted molar refractivity (Wildman–Crippen MR) is 153 cm³/mol. The number of carboxylic acids is 1. The summed E-state index contributed by atoms with van der Waals surface area (Å²) < 4.78 is 30.0. The lowest BCUT2D eigenvalue weighted by molar-refractivity contribution is -0.169. The fraction of sp³-hybridized carbons (Fsp3) is 0.333. The van der Waals surface area contributed by atoms with Gasteiger partial charge >= 0.3 is 11.9 Å². The van der Waals surface area contributed by atoms with Crippen LogP contribution in [0.5, 0.6) is 11.5 Å². The molecule has 0 radical (unpaired) electrons. The third-order valence-electron chi connectivity index (χ3n) is 8.56. The Morgan fingerprint density at radius 3 is 1.70 bits per heavy atom. The van der Waals surface area contributed by atoms with Crippen LogP contribution < -0.4 is 9.47 Å². The quantitative estimate of drug-likeness (QED) is 0.210. The number of rotatable bonds is 10. The number of carboxylic acid groups (broad SMARTS) is 1. The molecule has 3 heterocycles. The number of hydrogen-bond acceptors (Lipinski definition) is 9. The number of hydrogen-bond donors (Lipinski definition) is 1. The Balaban J connectivity index is 1.52. The highest BCUT2D eigenvalue weighted by atomic mass is 16.6. The molecule has 3 saturated heterocycles. The smallest absolute Gasteiger partial charge is 0.323 e. The molecule has 11 heteroatoms. The molecule has 0 aromatic heterocycles. The van der Waals surface area contributed by atoms with Gasteiger partial charge in [-0.05, 0) is 41.0 Å². The van der Waals surface area contributed by atoms with Crippen LogP contribution >= 0.6 is 0 Å². The Labute approximate surface area is 253 Å². The zero-order chi connectivity index (χ0) is 31.2. The van der Waals surface area contributed by atoms with Crippen LogP contribution in [0.25, 0.3) is 0 Å². The van der Waals surface area contributed by atoms with Gasteiger partial charge in [0, 0.05) is 6.92 Å². The van der Waals surface area contributed by atoms with Gasteiger partial charge in [0.15, 0.2) is 6.10 Å². The monoisotopic (exact) mass is 601 g/mol. The van der Waals surface area contributed by atoms with Crippen molar-refractivity contribution >= 4 is 23.8 Å². The second kappa shape index (κ2) is 11.4. The highest BCUT2D eigenvalue weighted by molar-refractivity contribution is 6.08. The summed E-state index contributed by atoms with van der Waals surface area (Å²) in [4.78, 5) is 51.4. The van der Waals surface area contributed by atoms with Crippen LogP contribution in [0.4, 0.5) is 0 Å². The average molecular weight is 602 g/mol. The molecular formula is C33H31NO10. The van der Waals surface area contributed by atoms with Crippen LogP contribution in [0, 0.1) is 11.8 Å². The van der Waals surface area contributed by atoms with E-state index in [0.717, 1.165) is 10.5 Å². The lowest BCUT2D eigenvalue weighted by Gasteiger charge is -2.42. The largest absolute Gasteiger partial charge is 0.497 e. The standard InChI is InChI=1S/C33H31NO10/c1-18(35)42-29-27-25-26(32(39)34(31(25)38)17-24(36)37)28(43-27)30(29)44-33(19-7-5-4-6-8-19,20-9-13-22(40-2)14-10-20)21-11-15-23(41-3)16-12-21/h4-16,25-30H,17H2,1-3H3,(H,36,37). The summed E-state index contributed by atoms with van der Waals surface area (Å²) in [5.41, 5.74) is 0.810. The molecule has 228 valence electrons. The van der Waals surface area contributed by atoms with Crippen molar-refractivity contribution in [1.82, 2.24) is 4.90 Å². The van der Waals surface area contributed by atoms with Gasteiger partial charge in [-0.2, -0.15) is 0 Å². The van der Waals surface area contributed by atoms with E-state index in [1.165, 1.54) is 6.92 Å². The number of aliphatic carboxylic acids is 1. The van der Waals surface area contributed by atoms with E-state index in [9.17, 15) is 24.3 Å². The normalized spacial score (nSPS) is 25.6. The second-order valence-electron chi connectivity index (χ2n) is 10.9. The Hall–Kier alpha value is -4.74. The zero-order valence-electron chi connectivity index (χ0n) is 24.2. The summed E-state index contributed by atoms with van der Waals surface area (Å²) in [7, 11) is 3.14. The number of nitrogens with zero attached hydrogens (tertiary/aromatic N) is 1. The van der Waals surface area contributed by atoms with Crippen molar-refractivity contribution in [1.29, 1.82) is 0 Å². The van der Waals surface area contributed by atoms with Crippen LogP contribution in [0.1, 0.15) is 23.6 Å². The maximum absolute atomic E-state index is 13.5. The van der Waals surface area contributed by atoms with E-state index >= 15 is 0 Å². The summed E-state index contributed by atoms with van der Waals surface area (Å²) in [5, 5.41) is 9.36. The van der Waals surface area contributed by atoms with Gasteiger partial charge in [0.2, 0.25) is 11.8 Å². The van der Waals surface area contributed by atoms with Gasteiger partial charge in [-0.15, -0.1) is 0 Å². The Morgan fingerprint density at radius 1 is 0.773 bits per heavy atom. The maximum Gasteiger partial charge on any atom is 0.323 e. The molecule has 6 atom stereocenters. The molecule has 44 heavy (non-hydrogen) atoms. The summed E-state index contributed by atoms with van der Waals surface area (Å²) in [6.07, 6.45) is -4.07. The highest BCUT2D eigenvalue weighted by Crippen LogP contribution is 2.53. The Morgan fingerprint density at radius 2 is 1.25 bits per heavy atom. The van der Waals surface area contributed by atoms with E-state index in [2.05, 4.69) is 0 Å². The molecule has 6 unspecified atom stereocenters. The molecule has 11 nitrogen and oxygen atoms in total. The van der Waals surface area contributed by atoms with Gasteiger partial charge < -0.3 is 28.8 Å². The summed E-state index contributed by atoms with van der Waals surface area (Å²) in [6.45, 7) is 0.482. The van der Waals surface area contributed by atoms with E-state index in [-0.39, 0.29) is 0 Å². The number of fused-ring (bicyclic) bond motifs is 5. The molecule has 0 saturated carbocycles. The van der Waals surface area contributed by atoms with Crippen LogP contribution in [0.15, 0.2) is 78.9 Å². The fourth-order valence-corrected chi connectivity index (χ4v) is 6.74. The first kappa shape index (κ1) is 29.3. The molecule has 3 aromatic carbocycles.